The summed E-state index contributed by atoms with van der Waals surface area (Å²) < 4.78 is 26.5. The van der Waals surface area contributed by atoms with Crippen LogP contribution in [0.1, 0.15) is 25.0 Å². The number of nitrogens with two attached hydrogens (primary N) is 2. The van der Waals surface area contributed by atoms with Crippen molar-refractivity contribution in [3.05, 3.63) is 65.7 Å². The zero-order valence-electron chi connectivity index (χ0n) is 15.0. The molecule has 3 aromatic rings. The van der Waals surface area contributed by atoms with Crippen LogP contribution in [-0.4, -0.2) is 28.5 Å². The summed E-state index contributed by atoms with van der Waals surface area (Å²) in [6.07, 6.45) is 1.32. The number of nitrogens with zero attached hydrogens (tertiary/aromatic N) is 2. The van der Waals surface area contributed by atoms with Crippen molar-refractivity contribution in [2.45, 2.75) is 19.1 Å². The Hall–Kier alpha value is -3.13. The van der Waals surface area contributed by atoms with E-state index < -0.39 is 21.2 Å². The van der Waals surface area contributed by atoms with Gasteiger partial charge in [0.15, 0.2) is 0 Å². The number of nitrogen functional groups attached to an aromatic ring is 1. The van der Waals surface area contributed by atoms with Gasteiger partial charge in [0.25, 0.3) is 0 Å². The van der Waals surface area contributed by atoms with E-state index in [2.05, 4.69) is 4.98 Å². The zero-order chi connectivity index (χ0) is 19.8. The number of primary amides is 1. The van der Waals surface area contributed by atoms with Crippen LogP contribution in [0.5, 0.6) is 0 Å². The number of aromatic nitrogens is 2. The first kappa shape index (κ1) is 18.7. The van der Waals surface area contributed by atoms with Crippen molar-refractivity contribution in [2.75, 3.05) is 5.73 Å². The number of carbonyl (C=O) groups excluding carboxylic acids is 1. The number of anilines is 1. The van der Waals surface area contributed by atoms with Crippen LogP contribution in [0, 0.1) is 0 Å². The van der Waals surface area contributed by atoms with Crippen molar-refractivity contribution in [3.63, 3.8) is 0 Å². The average Bonchev–Trinajstić information content (AvgIpc) is 2.95. The number of imidazole rings is 1. The molecule has 0 aliphatic heterocycles. The maximum absolute atomic E-state index is 12.7. The Morgan fingerprint density at radius 3 is 2.37 bits per heavy atom. The molecule has 4 N–H and O–H groups in total. The lowest BCUT2D eigenvalue weighted by Crippen LogP contribution is -2.23. The van der Waals surface area contributed by atoms with Crippen LogP contribution in [0.3, 0.4) is 0 Å². The van der Waals surface area contributed by atoms with Gasteiger partial charge in [0.05, 0.1) is 16.3 Å². The number of benzene rings is 2. The van der Waals surface area contributed by atoms with E-state index in [1.807, 2.05) is 30.3 Å². The van der Waals surface area contributed by atoms with Gasteiger partial charge in [0.1, 0.15) is 0 Å². The lowest BCUT2D eigenvalue weighted by molar-refractivity contribution is -0.113. The third kappa shape index (κ3) is 3.43. The third-order valence-corrected chi connectivity index (χ3v) is 6.25. The number of hydrogen-bond acceptors (Lipinski definition) is 5. The molecule has 0 aliphatic rings. The predicted octanol–water partition coefficient (Wildman–Crippen LogP) is 2.12. The summed E-state index contributed by atoms with van der Waals surface area (Å²) >= 11 is 0. The Balaban J connectivity index is 2.28. The molecule has 0 atom stereocenters. The van der Waals surface area contributed by atoms with E-state index in [1.165, 1.54) is 6.08 Å². The number of amides is 1. The second-order valence-electron chi connectivity index (χ2n) is 6.36. The Morgan fingerprint density at radius 2 is 1.78 bits per heavy atom. The van der Waals surface area contributed by atoms with E-state index in [-0.39, 0.29) is 5.95 Å². The molecule has 1 aromatic heterocycles. The van der Waals surface area contributed by atoms with E-state index in [0.29, 0.717) is 22.2 Å². The highest BCUT2D eigenvalue weighted by molar-refractivity contribution is 7.90. The normalized spacial score (nSPS) is 12.6. The van der Waals surface area contributed by atoms with Crippen LogP contribution in [0.2, 0.25) is 0 Å². The van der Waals surface area contributed by atoms with Crippen LogP contribution in [0.15, 0.2) is 54.6 Å². The van der Waals surface area contributed by atoms with Gasteiger partial charge in [-0.15, -0.1) is 0 Å². The molecular weight excluding hydrogens is 364 g/mol. The van der Waals surface area contributed by atoms with Crippen LogP contribution < -0.4 is 11.5 Å². The minimum absolute atomic E-state index is 0.101. The maximum atomic E-state index is 12.7. The Morgan fingerprint density at radius 1 is 1.11 bits per heavy atom. The highest BCUT2D eigenvalue weighted by Gasteiger charge is 2.24. The number of carbonyl (C=O) groups is 1. The van der Waals surface area contributed by atoms with Gasteiger partial charge in [0.2, 0.25) is 21.9 Å². The van der Waals surface area contributed by atoms with Crippen molar-refractivity contribution in [1.82, 2.24) is 8.96 Å². The fourth-order valence-electron chi connectivity index (χ4n) is 2.81. The molecule has 0 unspecified atom stereocenters. The zero-order valence-corrected chi connectivity index (χ0v) is 15.8. The van der Waals surface area contributed by atoms with E-state index >= 15 is 0 Å². The van der Waals surface area contributed by atoms with E-state index in [0.717, 1.165) is 9.54 Å². The summed E-state index contributed by atoms with van der Waals surface area (Å²) in [6, 6.07) is 14.3. The van der Waals surface area contributed by atoms with Gasteiger partial charge in [-0.05, 0) is 42.7 Å². The Labute approximate surface area is 157 Å². The molecule has 8 heteroatoms. The number of rotatable bonds is 5. The first-order valence-electron chi connectivity index (χ1n) is 8.31. The van der Waals surface area contributed by atoms with Gasteiger partial charge in [0, 0.05) is 6.08 Å². The van der Waals surface area contributed by atoms with E-state index in [4.69, 9.17) is 11.5 Å². The smallest absolute Gasteiger partial charge is 0.244 e. The molecule has 0 bridgehead atoms. The van der Waals surface area contributed by atoms with Gasteiger partial charge < -0.3 is 11.5 Å². The molecule has 1 heterocycles. The van der Waals surface area contributed by atoms with Crippen molar-refractivity contribution in [3.8, 4) is 0 Å². The van der Waals surface area contributed by atoms with Crippen molar-refractivity contribution in [1.29, 1.82) is 0 Å². The van der Waals surface area contributed by atoms with Gasteiger partial charge in [-0.25, -0.2) is 17.4 Å². The van der Waals surface area contributed by atoms with Crippen LogP contribution in [0.25, 0.3) is 16.6 Å². The second-order valence-corrected chi connectivity index (χ2v) is 8.70. The molecule has 0 saturated carbocycles. The standard InChI is InChI=1S/C19H20N4O3S/c1-12(2)27(25,26)23-17-10-14(8-9-16(17)22-19(23)21)15(11-18(20)24)13-6-4-3-5-7-13/h3-12H,1-2H3,(H2,20,24)(H2,21,22). The SMILES string of the molecule is CC(C)S(=O)(=O)n1c(N)nc2ccc(C(=CC(N)=O)c3ccccc3)cc21. The van der Waals surface area contributed by atoms with E-state index in [9.17, 15) is 13.2 Å². The number of hydrogen-bond donors (Lipinski definition) is 2. The molecule has 1 amide bonds. The van der Waals surface area contributed by atoms with Crippen molar-refractivity contribution < 1.29 is 13.2 Å². The van der Waals surface area contributed by atoms with Gasteiger partial charge in [-0.3, -0.25) is 4.79 Å². The fraction of sp³-hybridized carbons (Fsp3) is 0.158. The quantitative estimate of drug-likeness (QED) is 0.653. The highest BCUT2D eigenvalue weighted by Crippen LogP contribution is 2.29. The number of fused-ring (bicyclic) bond motifs is 1. The molecule has 0 aliphatic carbocycles. The summed E-state index contributed by atoms with van der Waals surface area (Å²) in [7, 11) is -3.70. The topological polar surface area (TPSA) is 121 Å². The molecule has 2 aromatic carbocycles. The van der Waals surface area contributed by atoms with Crippen LogP contribution in [-0.2, 0) is 14.8 Å². The first-order valence-corrected chi connectivity index (χ1v) is 9.81. The Bertz CT molecular complexity index is 1150. The summed E-state index contributed by atoms with van der Waals surface area (Å²) in [5, 5.41) is -0.671. The van der Waals surface area contributed by atoms with E-state index in [1.54, 1.807) is 32.0 Å². The summed E-state index contributed by atoms with van der Waals surface area (Å²) in [6.45, 7) is 3.15. The van der Waals surface area contributed by atoms with Gasteiger partial charge in [-0.2, -0.15) is 0 Å². The maximum Gasteiger partial charge on any atom is 0.244 e. The third-order valence-electron chi connectivity index (χ3n) is 4.17. The largest absolute Gasteiger partial charge is 0.368 e. The molecule has 3 rings (SSSR count). The Kier molecular flexibility index (Phi) is 4.75. The summed E-state index contributed by atoms with van der Waals surface area (Å²) in [5.41, 5.74) is 14.0. The second kappa shape index (κ2) is 6.88. The van der Waals surface area contributed by atoms with Crippen LogP contribution >= 0.6 is 0 Å². The summed E-state index contributed by atoms with van der Waals surface area (Å²) in [5.74, 6) is -0.701. The minimum atomic E-state index is -3.70. The lowest BCUT2D eigenvalue weighted by Gasteiger charge is -2.12. The molecule has 7 nitrogen and oxygen atoms in total. The average molecular weight is 384 g/mol. The molecule has 27 heavy (non-hydrogen) atoms. The monoisotopic (exact) mass is 384 g/mol. The van der Waals surface area contributed by atoms with Crippen LogP contribution in [0.4, 0.5) is 5.95 Å². The fourth-order valence-corrected chi connectivity index (χ4v) is 3.96. The van der Waals surface area contributed by atoms with Crippen molar-refractivity contribution >= 4 is 38.5 Å². The molecule has 0 fully saturated rings. The predicted molar refractivity (Wildman–Crippen MR) is 106 cm³/mol. The molecule has 0 spiro atoms. The van der Waals surface area contributed by atoms with Gasteiger partial charge >= 0.3 is 0 Å². The molecular formula is C19H20N4O3S. The van der Waals surface area contributed by atoms with Gasteiger partial charge in [-0.1, -0.05) is 36.4 Å². The molecule has 140 valence electrons. The first-order chi connectivity index (χ1) is 12.7. The summed E-state index contributed by atoms with van der Waals surface area (Å²) in [4.78, 5) is 15.7. The molecule has 0 radical (unpaired) electrons. The minimum Gasteiger partial charge on any atom is -0.368 e. The lowest BCUT2D eigenvalue weighted by atomic mass is 9.97. The highest BCUT2D eigenvalue weighted by atomic mass is 32.2. The molecule has 0 saturated heterocycles. The van der Waals surface area contributed by atoms with Crippen molar-refractivity contribution in [2.24, 2.45) is 5.73 Å².